The van der Waals surface area contributed by atoms with Crippen LogP contribution in [0.3, 0.4) is 0 Å². The van der Waals surface area contributed by atoms with Crippen molar-refractivity contribution in [3.05, 3.63) is 65.6 Å². The van der Waals surface area contributed by atoms with Crippen molar-refractivity contribution >= 4 is 33.6 Å². The number of carbonyl (C=O) groups is 2. The number of nitrogens with one attached hydrogen (secondary N) is 2. The van der Waals surface area contributed by atoms with Crippen molar-refractivity contribution < 1.29 is 22.7 Å². The summed E-state index contributed by atoms with van der Waals surface area (Å²) in [5.74, 6) is -0.123. The first-order valence-corrected chi connectivity index (χ1v) is 10.7. The molecule has 0 saturated heterocycles. The molecule has 0 atom stereocenters. The molecule has 0 spiro atoms. The fraction of sp³-hybridized carbons (Fsp3) is 0.238. The third kappa shape index (κ3) is 8.06. The smallest absolute Gasteiger partial charge is 0.243 e. The Bertz CT molecular complexity index is 991. The van der Waals surface area contributed by atoms with E-state index < -0.39 is 10.0 Å². The first-order valence-electron chi connectivity index (χ1n) is 9.20. The number of rotatable bonds is 10. The molecule has 0 bridgehead atoms. The molecular weight excluding hydrogens is 406 g/mol. The van der Waals surface area contributed by atoms with Crippen LogP contribution in [0.5, 0.6) is 5.75 Å². The van der Waals surface area contributed by atoms with E-state index in [9.17, 15) is 18.0 Å². The van der Waals surface area contributed by atoms with Gasteiger partial charge in [0, 0.05) is 37.2 Å². The number of anilines is 1. The highest BCUT2D eigenvalue weighted by Gasteiger charge is 2.14. The minimum absolute atomic E-state index is 0.0673. The van der Waals surface area contributed by atoms with E-state index in [-0.39, 0.29) is 31.3 Å². The van der Waals surface area contributed by atoms with Gasteiger partial charge in [0.1, 0.15) is 5.75 Å². The molecule has 0 unspecified atom stereocenters. The fourth-order valence-corrected chi connectivity index (χ4v) is 3.30. The van der Waals surface area contributed by atoms with Crippen molar-refractivity contribution in [2.75, 3.05) is 32.6 Å². The molecule has 2 N–H and O–H groups in total. The molecule has 0 aliphatic heterocycles. The van der Waals surface area contributed by atoms with Crippen LogP contribution in [0.4, 0.5) is 5.69 Å². The van der Waals surface area contributed by atoms with Gasteiger partial charge in [-0.05, 0) is 23.8 Å². The average Bonchev–Trinajstić information content (AvgIpc) is 2.73. The molecule has 0 aliphatic rings. The molecule has 2 rings (SSSR count). The van der Waals surface area contributed by atoms with Crippen LogP contribution in [0.2, 0.25) is 0 Å². The van der Waals surface area contributed by atoms with Crippen molar-refractivity contribution in [3.63, 3.8) is 0 Å². The summed E-state index contributed by atoms with van der Waals surface area (Å²) in [6, 6.07) is 15.9. The largest absolute Gasteiger partial charge is 0.497 e. The Morgan fingerprint density at radius 3 is 2.53 bits per heavy atom. The summed E-state index contributed by atoms with van der Waals surface area (Å²) < 4.78 is 31.4. The van der Waals surface area contributed by atoms with E-state index in [4.69, 9.17) is 4.74 Å². The van der Waals surface area contributed by atoms with Crippen molar-refractivity contribution in [1.82, 2.24) is 9.62 Å². The van der Waals surface area contributed by atoms with E-state index in [1.165, 1.54) is 25.1 Å². The van der Waals surface area contributed by atoms with Crippen molar-refractivity contribution in [2.24, 2.45) is 0 Å². The molecule has 9 heteroatoms. The summed E-state index contributed by atoms with van der Waals surface area (Å²) in [5.41, 5.74) is 1.30. The number of sulfonamides is 1. The number of likely N-dealkylation sites (N-methyl/N-ethyl adjacent to an activating group) is 1. The van der Waals surface area contributed by atoms with Gasteiger partial charge in [0.15, 0.2) is 0 Å². The first kappa shape index (κ1) is 23.1. The normalized spacial score (nSPS) is 11.3. The zero-order valence-corrected chi connectivity index (χ0v) is 17.7. The first-order chi connectivity index (χ1) is 14.3. The van der Waals surface area contributed by atoms with Crippen LogP contribution >= 0.6 is 0 Å². The third-order valence-electron chi connectivity index (χ3n) is 4.04. The second-order valence-electron chi connectivity index (χ2n) is 6.43. The van der Waals surface area contributed by atoms with Gasteiger partial charge in [-0.3, -0.25) is 9.59 Å². The van der Waals surface area contributed by atoms with Crippen molar-refractivity contribution in [3.8, 4) is 5.75 Å². The molecule has 0 radical (unpaired) electrons. The van der Waals surface area contributed by atoms with E-state index >= 15 is 0 Å². The zero-order chi connectivity index (χ0) is 22.0. The van der Waals surface area contributed by atoms with Crippen LogP contribution in [-0.2, 0) is 19.6 Å². The maximum absolute atomic E-state index is 12.2. The number of amides is 2. The van der Waals surface area contributed by atoms with Gasteiger partial charge in [-0.15, -0.1) is 0 Å². The van der Waals surface area contributed by atoms with E-state index in [2.05, 4.69) is 10.0 Å². The number of ether oxygens (including phenoxy) is 1. The lowest BCUT2D eigenvalue weighted by Crippen LogP contribution is -2.36. The molecule has 0 heterocycles. The lowest BCUT2D eigenvalue weighted by Gasteiger charge is -2.17. The molecule has 0 aromatic heterocycles. The molecule has 2 aromatic rings. The third-order valence-corrected chi connectivity index (χ3v) is 5.14. The Morgan fingerprint density at radius 2 is 1.83 bits per heavy atom. The molecule has 0 fully saturated rings. The molecule has 8 nitrogen and oxygen atoms in total. The predicted octanol–water partition coefficient (Wildman–Crippen LogP) is 2.07. The monoisotopic (exact) mass is 431 g/mol. The minimum atomic E-state index is -3.66. The molecule has 0 saturated carbocycles. The van der Waals surface area contributed by atoms with Crippen LogP contribution in [0.15, 0.2) is 60.0 Å². The van der Waals surface area contributed by atoms with Gasteiger partial charge >= 0.3 is 0 Å². The Morgan fingerprint density at radius 1 is 1.10 bits per heavy atom. The molecule has 0 aliphatic carbocycles. The highest BCUT2D eigenvalue weighted by atomic mass is 32.2. The second-order valence-corrected chi connectivity index (χ2v) is 8.08. The van der Waals surface area contributed by atoms with Gasteiger partial charge in [0.2, 0.25) is 21.8 Å². The van der Waals surface area contributed by atoms with Gasteiger partial charge in [-0.1, -0.05) is 36.4 Å². The average molecular weight is 432 g/mol. The summed E-state index contributed by atoms with van der Waals surface area (Å²) in [5, 5.41) is 3.74. The highest BCUT2D eigenvalue weighted by Crippen LogP contribution is 2.16. The topological polar surface area (TPSA) is 105 Å². The zero-order valence-electron chi connectivity index (χ0n) is 16.9. The molecule has 160 valence electrons. The lowest BCUT2D eigenvalue weighted by molar-refractivity contribution is -0.133. The van der Waals surface area contributed by atoms with Crippen LogP contribution in [-0.4, -0.2) is 52.4 Å². The lowest BCUT2D eigenvalue weighted by atomic mass is 10.2. The van der Waals surface area contributed by atoms with Crippen LogP contribution in [0.1, 0.15) is 12.0 Å². The van der Waals surface area contributed by atoms with E-state index in [0.717, 1.165) is 11.0 Å². The molecule has 2 amide bonds. The second kappa shape index (κ2) is 11.1. The fourth-order valence-electron chi connectivity index (χ4n) is 2.48. The summed E-state index contributed by atoms with van der Waals surface area (Å²) in [6.45, 7) is -0.223. The Labute approximate surface area is 176 Å². The molecule has 30 heavy (non-hydrogen) atoms. The Balaban J connectivity index is 1.76. The summed E-state index contributed by atoms with van der Waals surface area (Å²) in [6.07, 6.45) is 1.40. The van der Waals surface area contributed by atoms with Crippen LogP contribution in [0, 0.1) is 0 Å². The number of methoxy groups -OCH3 is 1. The number of benzene rings is 2. The van der Waals surface area contributed by atoms with Gasteiger partial charge in [-0.2, -0.15) is 0 Å². The maximum Gasteiger partial charge on any atom is 0.243 e. The van der Waals surface area contributed by atoms with Gasteiger partial charge < -0.3 is 15.0 Å². The van der Waals surface area contributed by atoms with E-state index in [1.54, 1.807) is 48.5 Å². The van der Waals surface area contributed by atoms with E-state index in [0.29, 0.717) is 11.4 Å². The van der Waals surface area contributed by atoms with Crippen molar-refractivity contribution in [2.45, 2.75) is 6.42 Å². The number of hydrogen-bond acceptors (Lipinski definition) is 5. The standard InChI is InChI=1S/C21H25N3O5S/c1-24(16-20(25)23-18-9-6-10-19(15-18)29-2)21(26)11-13-22-30(27,28)14-12-17-7-4-3-5-8-17/h3-10,12,14-15,22H,11,13,16H2,1-2H3,(H,23,25)/b14-12+. The highest BCUT2D eigenvalue weighted by molar-refractivity contribution is 7.92. The van der Waals surface area contributed by atoms with Gasteiger partial charge in [0.25, 0.3) is 0 Å². The quantitative estimate of drug-likeness (QED) is 0.599. The Hall–Kier alpha value is -3.17. The van der Waals surface area contributed by atoms with Crippen LogP contribution < -0.4 is 14.8 Å². The molecular formula is C21H25N3O5S. The predicted molar refractivity (Wildman–Crippen MR) is 116 cm³/mol. The Kier molecular flexibility index (Phi) is 8.57. The molecule has 2 aromatic carbocycles. The van der Waals surface area contributed by atoms with Gasteiger partial charge in [0.05, 0.1) is 13.7 Å². The summed E-state index contributed by atoms with van der Waals surface area (Å²) in [7, 11) is -0.654. The number of carbonyl (C=O) groups excluding carboxylic acids is 2. The minimum Gasteiger partial charge on any atom is -0.497 e. The maximum atomic E-state index is 12.2. The summed E-state index contributed by atoms with van der Waals surface area (Å²) in [4.78, 5) is 25.5. The van der Waals surface area contributed by atoms with Crippen LogP contribution in [0.25, 0.3) is 6.08 Å². The van der Waals surface area contributed by atoms with Gasteiger partial charge in [-0.25, -0.2) is 13.1 Å². The summed E-state index contributed by atoms with van der Waals surface area (Å²) >= 11 is 0. The van der Waals surface area contributed by atoms with Crippen molar-refractivity contribution in [1.29, 1.82) is 0 Å². The SMILES string of the molecule is COc1cccc(NC(=O)CN(C)C(=O)CCNS(=O)(=O)/C=C/c2ccccc2)c1. The number of hydrogen-bond donors (Lipinski definition) is 2. The van der Waals surface area contributed by atoms with E-state index in [1.807, 2.05) is 6.07 Å². The number of nitrogens with zero attached hydrogens (tertiary/aromatic N) is 1.